The van der Waals surface area contributed by atoms with Crippen molar-refractivity contribution in [3.05, 3.63) is 71.2 Å². The van der Waals surface area contributed by atoms with Gasteiger partial charge in [0.15, 0.2) is 17.5 Å². The van der Waals surface area contributed by atoms with Crippen molar-refractivity contribution in [2.24, 2.45) is 0 Å². The highest BCUT2D eigenvalue weighted by Gasteiger charge is 2.50. The minimum atomic E-state index is -1.61. The van der Waals surface area contributed by atoms with Crippen LogP contribution in [0.3, 0.4) is 0 Å². The van der Waals surface area contributed by atoms with Crippen LogP contribution in [0.15, 0.2) is 42.6 Å². The van der Waals surface area contributed by atoms with E-state index in [1.165, 1.54) is 6.20 Å². The number of benzene rings is 2. The number of aryl methyl sites for hydroxylation is 1. The molecule has 1 aliphatic heterocycles. The fourth-order valence-electron chi connectivity index (χ4n) is 5.68. The van der Waals surface area contributed by atoms with E-state index >= 15 is 0 Å². The third kappa shape index (κ3) is 4.73. The molecule has 2 aliphatic rings. The Hall–Kier alpha value is -2.83. The predicted molar refractivity (Wildman–Crippen MR) is 129 cm³/mol. The van der Waals surface area contributed by atoms with Crippen LogP contribution in [0.2, 0.25) is 0 Å². The molecule has 2 unspecified atom stereocenters. The van der Waals surface area contributed by atoms with Crippen molar-refractivity contribution in [2.45, 2.75) is 74.6 Å². The SMILES string of the molecule is Cc1ccccc1C(CC1O[C@H](CO)[C@H](O)[C@H](n2cc(-c3cc(F)c(F)c(F)c3)nn2)[C@H]1O)C1(O)CCC1. The zero-order valence-corrected chi connectivity index (χ0v) is 20.7. The number of aliphatic hydroxyl groups is 4. The Morgan fingerprint density at radius 1 is 1.08 bits per heavy atom. The van der Waals surface area contributed by atoms with Gasteiger partial charge in [0, 0.05) is 11.5 Å². The van der Waals surface area contributed by atoms with E-state index in [9.17, 15) is 33.6 Å². The first-order valence-corrected chi connectivity index (χ1v) is 12.6. The Labute approximate surface area is 217 Å². The molecule has 0 amide bonds. The third-order valence-corrected chi connectivity index (χ3v) is 7.99. The summed E-state index contributed by atoms with van der Waals surface area (Å²) >= 11 is 0. The summed E-state index contributed by atoms with van der Waals surface area (Å²) in [6.45, 7) is 1.40. The summed E-state index contributed by atoms with van der Waals surface area (Å²) in [6, 6.07) is 8.09. The van der Waals surface area contributed by atoms with Crippen molar-refractivity contribution >= 4 is 0 Å². The van der Waals surface area contributed by atoms with Crippen LogP contribution < -0.4 is 0 Å². The quantitative estimate of drug-likeness (QED) is 0.345. The molecular formula is C27H30F3N3O5. The number of aliphatic hydroxyl groups excluding tert-OH is 3. The highest BCUT2D eigenvalue weighted by molar-refractivity contribution is 5.58. The van der Waals surface area contributed by atoms with Gasteiger partial charge in [-0.1, -0.05) is 29.5 Å². The van der Waals surface area contributed by atoms with Gasteiger partial charge >= 0.3 is 0 Å². The second-order valence-electron chi connectivity index (χ2n) is 10.3. The molecule has 3 aromatic rings. The fourth-order valence-corrected chi connectivity index (χ4v) is 5.68. The number of halogens is 3. The first-order valence-electron chi connectivity index (χ1n) is 12.6. The molecular weight excluding hydrogens is 503 g/mol. The summed E-state index contributed by atoms with van der Waals surface area (Å²) in [5, 5.41) is 51.5. The summed E-state index contributed by atoms with van der Waals surface area (Å²) in [5.74, 6) is -4.76. The van der Waals surface area contributed by atoms with Crippen LogP contribution in [0, 0.1) is 24.4 Å². The zero-order valence-electron chi connectivity index (χ0n) is 20.7. The summed E-state index contributed by atoms with van der Waals surface area (Å²) in [7, 11) is 0. The average Bonchev–Trinajstić information content (AvgIpc) is 3.36. The summed E-state index contributed by atoms with van der Waals surface area (Å²) in [5.41, 5.74) is 0.848. The van der Waals surface area contributed by atoms with Gasteiger partial charge in [-0.2, -0.15) is 0 Å². The lowest BCUT2D eigenvalue weighted by Crippen LogP contribution is -2.57. The first kappa shape index (κ1) is 26.8. The average molecular weight is 534 g/mol. The maximum atomic E-state index is 13.8. The van der Waals surface area contributed by atoms with Crippen LogP contribution in [-0.4, -0.2) is 72.0 Å². The van der Waals surface area contributed by atoms with Crippen molar-refractivity contribution in [3.63, 3.8) is 0 Å². The lowest BCUT2D eigenvalue weighted by molar-refractivity contribution is -0.212. The molecule has 1 saturated carbocycles. The van der Waals surface area contributed by atoms with Gasteiger partial charge < -0.3 is 25.2 Å². The molecule has 0 radical (unpaired) electrons. The van der Waals surface area contributed by atoms with E-state index in [0.717, 1.165) is 34.4 Å². The van der Waals surface area contributed by atoms with Gasteiger partial charge in [-0.3, -0.25) is 0 Å². The smallest absolute Gasteiger partial charge is 0.194 e. The summed E-state index contributed by atoms with van der Waals surface area (Å²) in [6.07, 6.45) is -1.15. The van der Waals surface area contributed by atoms with Gasteiger partial charge in [0.25, 0.3) is 0 Å². The molecule has 2 fully saturated rings. The largest absolute Gasteiger partial charge is 0.394 e. The van der Waals surface area contributed by atoms with Crippen LogP contribution in [0.1, 0.15) is 48.8 Å². The molecule has 5 rings (SSSR count). The van der Waals surface area contributed by atoms with Crippen molar-refractivity contribution in [1.29, 1.82) is 0 Å². The van der Waals surface area contributed by atoms with Crippen molar-refractivity contribution in [2.75, 3.05) is 6.61 Å². The molecule has 2 aromatic carbocycles. The molecule has 11 heteroatoms. The van der Waals surface area contributed by atoms with Crippen molar-refractivity contribution in [1.82, 2.24) is 15.0 Å². The van der Waals surface area contributed by atoms with Crippen LogP contribution >= 0.6 is 0 Å². The van der Waals surface area contributed by atoms with Crippen LogP contribution in [-0.2, 0) is 4.74 Å². The number of hydrogen-bond donors (Lipinski definition) is 4. The highest BCUT2D eigenvalue weighted by Crippen LogP contribution is 2.48. The molecule has 38 heavy (non-hydrogen) atoms. The topological polar surface area (TPSA) is 121 Å². The highest BCUT2D eigenvalue weighted by atomic mass is 19.2. The molecule has 1 aromatic heterocycles. The lowest BCUT2D eigenvalue weighted by Gasteiger charge is -2.48. The molecule has 204 valence electrons. The molecule has 4 N–H and O–H groups in total. The molecule has 6 atom stereocenters. The first-order chi connectivity index (χ1) is 18.1. The van der Waals surface area contributed by atoms with E-state index < -0.39 is 60.1 Å². The van der Waals surface area contributed by atoms with Crippen LogP contribution in [0.25, 0.3) is 11.3 Å². The van der Waals surface area contributed by atoms with Gasteiger partial charge in [-0.25, -0.2) is 17.9 Å². The third-order valence-electron chi connectivity index (χ3n) is 7.99. The molecule has 2 heterocycles. The Bertz CT molecular complexity index is 1280. The van der Waals surface area contributed by atoms with Crippen molar-refractivity contribution in [3.8, 4) is 11.3 Å². The van der Waals surface area contributed by atoms with E-state index in [1.807, 2.05) is 31.2 Å². The molecule has 1 aliphatic carbocycles. The minimum absolute atomic E-state index is 0.00708. The Kier molecular flexibility index (Phi) is 7.31. The Morgan fingerprint density at radius 3 is 2.34 bits per heavy atom. The van der Waals surface area contributed by atoms with E-state index in [-0.39, 0.29) is 23.6 Å². The Morgan fingerprint density at radius 2 is 1.74 bits per heavy atom. The fraction of sp³-hybridized carbons (Fsp3) is 0.481. The summed E-state index contributed by atoms with van der Waals surface area (Å²) < 4.78 is 48.0. The number of nitrogens with zero attached hydrogens (tertiary/aromatic N) is 3. The molecule has 0 spiro atoms. The standard InChI is InChI=1S/C27H30F3N3O5/c1-14-5-2-3-6-16(14)17(27(37)7-4-8-27)11-21-25(35)24(26(36)22(13-34)38-21)33-12-20(31-32-33)15-9-18(28)23(30)19(29)10-15/h2-3,5-6,9-10,12,17,21-22,24-26,34-37H,4,7-8,11,13H2,1H3/t17?,21?,22-,24-,25+,26+/m1/s1. The van der Waals surface area contributed by atoms with E-state index in [4.69, 9.17) is 4.74 Å². The van der Waals surface area contributed by atoms with Gasteiger partial charge in [-0.15, -0.1) is 5.10 Å². The Balaban J connectivity index is 1.46. The number of hydrogen-bond acceptors (Lipinski definition) is 7. The number of aromatic nitrogens is 3. The van der Waals surface area contributed by atoms with E-state index in [1.54, 1.807) is 0 Å². The zero-order chi connectivity index (χ0) is 27.2. The molecule has 1 saturated heterocycles. The minimum Gasteiger partial charge on any atom is -0.394 e. The predicted octanol–water partition coefficient (Wildman–Crippen LogP) is 2.78. The number of rotatable bonds is 7. The van der Waals surface area contributed by atoms with Gasteiger partial charge in [-0.05, 0) is 55.9 Å². The van der Waals surface area contributed by atoms with Gasteiger partial charge in [0.05, 0.1) is 24.5 Å². The number of ether oxygens (including phenoxy) is 1. The van der Waals surface area contributed by atoms with E-state index in [0.29, 0.717) is 12.8 Å². The van der Waals surface area contributed by atoms with Crippen molar-refractivity contribution < 1.29 is 38.3 Å². The normalized spacial score (nSPS) is 27.6. The maximum Gasteiger partial charge on any atom is 0.194 e. The van der Waals surface area contributed by atoms with Crippen LogP contribution in [0.5, 0.6) is 0 Å². The molecule has 0 bridgehead atoms. The van der Waals surface area contributed by atoms with E-state index in [2.05, 4.69) is 10.3 Å². The lowest BCUT2D eigenvalue weighted by atomic mass is 9.65. The summed E-state index contributed by atoms with van der Waals surface area (Å²) in [4.78, 5) is 0. The molecule has 8 nitrogen and oxygen atoms in total. The van der Waals surface area contributed by atoms with Gasteiger partial charge in [0.1, 0.15) is 30.0 Å². The second kappa shape index (κ2) is 10.4. The maximum absolute atomic E-state index is 13.8. The monoisotopic (exact) mass is 533 g/mol. The van der Waals surface area contributed by atoms with Crippen LogP contribution in [0.4, 0.5) is 13.2 Å². The second-order valence-corrected chi connectivity index (χ2v) is 10.3. The van der Waals surface area contributed by atoms with Gasteiger partial charge in [0.2, 0.25) is 0 Å².